The molecule has 2 heterocycles. The third-order valence-electron chi connectivity index (χ3n) is 4.95. The lowest BCUT2D eigenvalue weighted by atomic mass is 10.1. The summed E-state index contributed by atoms with van der Waals surface area (Å²) in [6.45, 7) is 8.62. The second-order valence-corrected chi connectivity index (χ2v) is 10.3. The molecule has 170 valence electrons. The number of rotatable bonds is 6. The number of amides is 1. The highest BCUT2D eigenvalue weighted by molar-refractivity contribution is 7.86. The van der Waals surface area contributed by atoms with Gasteiger partial charge in [0, 0.05) is 25.7 Å². The van der Waals surface area contributed by atoms with Gasteiger partial charge < -0.3 is 9.64 Å². The van der Waals surface area contributed by atoms with Gasteiger partial charge in [0.25, 0.3) is 10.1 Å². The summed E-state index contributed by atoms with van der Waals surface area (Å²) in [6.07, 6.45) is 3.36. The Morgan fingerprint density at radius 1 is 1.16 bits per heavy atom. The van der Waals surface area contributed by atoms with Gasteiger partial charge in [-0.05, 0) is 52.7 Å². The fraction of sp³-hybridized carbons (Fsp3) is 0.571. The summed E-state index contributed by atoms with van der Waals surface area (Å²) in [7, 11) is -3.79. The molecule has 1 fully saturated rings. The minimum absolute atomic E-state index is 0.00794. The Hall–Kier alpha value is -2.46. The van der Waals surface area contributed by atoms with Crippen molar-refractivity contribution in [1.29, 1.82) is 0 Å². The maximum atomic E-state index is 12.3. The van der Waals surface area contributed by atoms with Crippen molar-refractivity contribution in [3.63, 3.8) is 0 Å². The van der Waals surface area contributed by atoms with Crippen LogP contribution in [0.25, 0.3) is 0 Å². The van der Waals surface area contributed by atoms with Crippen LogP contribution in [0.3, 0.4) is 0 Å². The van der Waals surface area contributed by atoms with Crippen LogP contribution in [0.15, 0.2) is 35.4 Å². The van der Waals surface area contributed by atoms with Gasteiger partial charge in [-0.1, -0.05) is 22.9 Å². The molecule has 0 radical (unpaired) electrons. The highest BCUT2D eigenvalue weighted by atomic mass is 32.2. The van der Waals surface area contributed by atoms with Crippen LogP contribution in [0.5, 0.6) is 0 Å². The van der Waals surface area contributed by atoms with Crippen molar-refractivity contribution >= 4 is 16.2 Å². The fourth-order valence-corrected chi connectivity index (χ4v) is 4.18. The molecule has 1 saturated heterocycles. The molecule has 1 amide bonds. The van der Waals surface area contributed by atoms with Crippen molar-refractivity contribution < 1.29 is 22.1 Å². The maximum Gasteiger partial charge on any atom is 0.410 e. The van der Waals surface area contributed by atoms with Gasteiger partial charge in [0.15, 0.2) is 0 Å². The van der Waals surface area contributed by atoms with Crippen LogP contribution in [0.4, 0.5) is 4.79 Å². The quantitative estimate of drug-likeness (QED) is 0.623. The minimum Gasteiger partial charge on any atom is -0.444 e. The van der Waals surface area contributed by atoms with E-state index in [1.807, 2.05) is 33.9 Å². The molecule has 0 spiro atoms. The fourth-order valence-electron chi connectivity index (χ4n) is 3.27. The summed E-state index contributed by atoms with van der Waals surface area (Å²) >= 11 is 0. The molecule has 0 atom stereocenters. The van der Waals surface area contributed by atoms with Gasteiger partial charge >= 0.3 is 6.09 Å². The van der Waals surface area contributed by atoms with Crippen molar-refractivity contribution in [2.45, 2.75) is 63.5 Å². The molecule has 0 bridgehead atoms. The number of carbonyl (C=O) groups is 1. The molecule has 31 heavy (non-hydrogen) atoms. The second-order valence-electron chi connectivity index (χ2n) is 8.73. The number of piperidine rings is 1. The molecule has 1 aliphatic rings. The zero-order valence-electron chi connectivity index (χ0n) is 18.4. The molecule has 9 nitrogen and oxygen atoms in total. The SMILES string of the molecule is Cc1ccc(S(=O)(=O)OCCc2cn(C3CCN(C(=O)OC(C)(C)C)CC3)nn2)cc1. The molecule has 0 N–H and O–H groups in total. The first-order chi connectivity index (χ1) is 14.5. The molecule has 1 aromatic carbocycles. The normalized spacial score (nSPS) is 15.8. The topological polar surface area (TPSA) is 104 Å². The number of benzene rings is 1. The molecule has 3 rings (SSSR count). The number of likely N-dealkylation sites (tertiary alicyclic amines) is 1. The zero-order valence-corrected chi connectivity index (χ0v) is 19.3. The molecule has 0 unspecified atom stereocenters. The first-order valence-electron chi connectivity index (χ1n) is 10.4. The third kappa shape index (κ3) is 6.51. The van der Waals surface area contributed by atoms with Crippen LogP contribution in [0, 0.1) is 6.92 Å². The van der Waals surface area contributed by atoms with Gasteiger partial charge in [0.05, 0.1) is 23.2 Å². The highest BCUT2D eigenvalue weighted by Crippen LogP contribution is 2.23. The first kappa shape index (κ1) is 23.2. The summed E-state index contributed by atoms with van der Waals surface area (Å²) in [6, 6.07) is 6.67. The van der Waals surface area contributed by atoms with Crippen molar-refractivity contribution in [1.82, 2.24) is 19.9 Å². The largest absolute Gasteiger partial charge is 0.444 e. The van der Waals surface area contributed by atoms with Crippen LogP contribution >= 0.6 is 0 Å². The van der Waals surface area contributed by atoms with E-state index in [-0.39, 0.29) is 23.6 Å². The van der Waals surface area contributed by atoms with Gasteiger partial charge in [-0.25, -0.2) is 9.48 Å². The molecule has 0 aliphatic carbocycles. The van der Waals surface area contributed by atoms with Crippen LogP contribution in [-0.2, 0) is 25.5 Å². The number of hydrogen-bond donors (Lipinski definition) is 0. The smallest absolute Gasteiger partial charge is 0.410 e. The molecule has 2 aromatic rings. The molecule has 1 aromatic heterocycles. The van der Waals surface area contributed by atoms with Crippen LogP contribution < -0.4 is 0 Å². The van der Waals surface area contributed by atoms with Gasteiger partial charge in [-0.3, -0.25) is 4.18 Å². The average molecular weight is 451 g/mol. The lowest BCUT2D eigenvalue weighted by Crippen LogP contribution is -2.42. The van der Waals surface area contributed by atoms with E-state index in [4.69, 9.17) is 8.92 Å². The molecule has 10 heteroatoms. The number of aryl methyl sites for hydroxylation is 1. The van der Waals surface area contributed by atoms with Crippen LogP contribution in [0.1, 0.15) is 50.9 Å². The second kappa shape index (κ2) is 9.35. The van der Waals surface area contributed by atoms with E-state index in [0.29, 0.717) is 25.2 Å². The zero-order chi connectivity index (χ0) is 22.6. The summed E-state index contributed by atoms with van der Waals surface area (Å²) < 4.78 is 36.8. The van der Waals surface area contributed by atoms with Gasteiger partial charge in [-0.2, -0.15) is 8.42 Å². The van der Waals surface area contributed by atoms with Crippen molar-refractivity contribution in [2.75, 3.05) is 19.7 Å². The monoisotopic (exact) mass is 450 g/mol. The van der Waals surface area contributed by atoms with Crippen molar-refractivity contribution in [2.24, 2.45) is 0 Å². The number of hydrogen-bond acceptors (Lipinski definition) is 7. The molecular formula is C21H30N4O5S. The van der Waals surface area contributed by atoms with Crippen LogP contribution in [0.2, 0.25) is 0 Å². The van der Waals surface area contributed by atoms with E-state index in [9.17, 15) is 13.2 Å². The lowest BCUT2D eigenvalue weighted by Gasteiger charge is -2.33. The maximum absolute atomic E-state index is 12.3. The predicted molar refractivity (Wildman–Crippen MR) is 114 cm³/mol. The lowest BCUT2D eigenvalue weighted by molar-refractivity contribution is 0.0184. The average Bonchev–Trinajstić information content (AvgIpc) is 3.16. The van der Waals surface area contributed by atoms with Crippen molar-refractivity contribution in [3.8, 4) is 0 Å². The van der Waals surface area contributed by atoms with Crippen LogP contribution in [-0.4, -0.2) is 59.7 Å². The number of nitrogens with zero attached hydrogens (tertiary/aromatic N) is 4. The van der Waals surface area contributed by atoms with E-state index < -0.39 is 15.7 Å². The highest BCUT2D eigenvalue weighted by Gasteiger charge is 2.28. The molecular weight excluding hydrogens is 420 g/mol. The number of carbonyl (C=O) groups excluding carboxylic acids is 1. The Morgan fingerprint density at radius 3 is 2.42 bits per heavy atom. The van der Waals surface area contributed by atoms with Gasteiger partial charge in [0.2, 0.25) is 0 Å². The van der Waals surface area contributed by atoms with E-state index in [0.717, 1.165) is 18.4 Å². The first-order valence-corrected chi connectivity index (χ1v) is 11.8. The summed E-state index contributed by atoms with van der Waals surface area (Å²) in [5.41, 5.74) is 1.13. The predicted octanol–water partition coefficient (Wildman–Crippen LogP) is 3.11. The summed E-state index contributed by atoms with van der Waals surface area (Å²) in [5, 5.41) is 8.31. The van der Waals surface area contributed by atoms with E-state index in [1.54, 1.807) is 21.7 Å². The van der Waals surface area contributed by atoms with Gasteiger partial charge in [-0.15, -0.1) is 5.10 Å². The van der Waals surface area contributed by atoms with E-state index >= 15 is 0 Å². The summed E-state index contributed by atoms with van der Waals surface area (Å²) in [5.74, 6) is 0. The Balaban J connectivity index is 1.48. The Labute approximate surface area is 183 Å². The van der Waals surface area contributed by atoms with Crippen molar-refractivity contribution in [3.05, 3.63) is 41.7 Å². The van der Waals surface area contributed by atoms with E-state index in [1.165, 1.54) is 12.1 Å². The Kier molecular flexibility index (Phi) is 7.00. The number of aromatic nitrogens is 3. The molecule has 1 aliphatic heterocycles. The number of ether oxygens (including phenoxy) is 1. The Bertz CT molecular complexity index is 988. The van der Waals surface area contributed by atoms with E-state index in [2.05, 4.69) is 10.3 Å². The standard InChI is InChI=1S/C21H30N4O5S/c1-16-5-7-19(8-6-16)31(27,28)29-14-11-17-15-25(23-22-17)18-9-12-24(13-10-18)20(26)30-21(2,3)4/h5-8,15,18H,9-14H2,1-4H3. The summed E-state index contributed by atoms with van der Waals surface area (Å²) in [4.78, 5) is 14.0. The minimum atomic E-state index is -3.79. The Morgan fingerprint density at radius 2 is 1.81 bits per heavy atom. The molecule has 0 saturated carbocycles. The van der Waals surface area contributed by atoms with Gasteiger partial charge in [0.1, 0.15) is 5.60 Å². The third-order valence-corrected chi connectivity index (χ3v) is 6.28.